The molecule has 0 unspecified atom stereocenters. The SMILES string of the molecule is COc1cccc(CN2C[C@H](NC(C)=O)CC[C@@H]2C(F)(F)F)c1F. The fourth-order valence-corrected chi connectivity index (χ4v) is 3.05. The van der Waals surface area contributed by atoms with Crippen LogP contribution in [0.25, 0.3) is 0 Å². The van der Waals surface area contributed by atoms with Gasteiger partial charge < -0.3 is 10.1 Å². The van der Waals surface area contributed by atoms with E-state index in [1.807, 2.05) is 0 Å². The molecule has 0 spiro atoms. The van der Waals surface area contributed by atoms with Gasteiger partial charge in [-0.05, 0) is 18.9 Å². The van der Waals surface area contributed by atoms with Gasteiger partial charge in [-0.1, -0.05) is 12.1 Å². The molecule has 1 aromatic rings. The van der Waals surface area contributed by atoms with E-state index in [2.05, 4.69) is 5.32 Å². The fraction of sp³-hybridized carbons (Fsp3) is 0.562. The lowest BCUT2D eigenvalue weighted by atomic mass is 9.96. The number of likely N-dealkylation sites (tertiary alicyclic amines) is 1. The first-order chi connectivity index (χ1) is 11.2. The number of benzene rings is 1. The summed E-state index contributed by atoms with van der Waals surface area (Å²) < 4.78 is 59.0. The highest BCUT2D eigenvalue weighted by Gasteiger charge is 2.46. The molecule has 24 heavy (non-hydrogen) atoms. The van der Waals surface area contributed by atoms with E-state index in [0.717, 1.165) is 0 Å². The highest BCUT2D eigenvalue weighted by molar-refractivity contribution is 5.73. The number of hydrogen-bond acceptors (Lipinski definition) is 3. The smallest absolute Gasteiger partial charge is 0.404 e. The van der Waals surface area contributed by atoms with Gasteiger partial charge in [-0.3, -0.25) is 9.69 Å². The molecule has 1 amide bonds. The second-order valence-electron chi connectivity index (χ2n) is 5.90. The number of carbonyl (C=O) groups is 1. The molecular formula is C16H20F4N2O2. The number of nitrogens with zero attached hydrogens (tertiary/aromatic N) is 1. The number of nitrogens with one attached hydrogen (secondary N) is 1. The van der Waals surface area contributed by atoms with E-state index in [-0.39, 0.29) is 49.2 Å². The van der Waals surface area contributed by atoms with E-state index in [9.17, 15) is 22.4 Å². The predicted molar refractivity (Wildman–Crippen MR) is 80.0 cm³/mol. The standard InChI is InChI=1S/C16H20F4N2O2/c1-10(23)21-12-6-7-14(16(18,19)20)22(9-12)8-11-4-3-5-13(24-2)15(11)17/h3-5,12,14H,6-9H2,1-2H3,(H,21,23)/t12-,14-/m1/s1. The highest BCUT2D eigenvalue weighted by Crippen LogP contribution is 2.33. The Morgan fingerprint density at radius 2 is 2.08 bits per heavy atom. The molecule has 1 aromatic carbocycles. The highest BCUT2D eigenvalue weighted by atomic mass is 19.4. The number of carbonyl (C=O) groups excluding carboxylic acids is 1. The molecule has 0 saturated carbocycles. The van der Waals surface area contributed by atoms with E-state index < -0.39 is 18.0 Å². The number of alkyl halides is 3. The molecule has 0 aliphatic carbocycles. The minimum Gasteiger partial charge on any atom is -0.494 e. The number of rotatable bonds is 4. The Labute approximate surface area is 137 Å². The van der Waals surface area contributed by atoms with Crippen LogP contribution in [0.15, 0.2) is 18.2 Å². The molecule has 2 rings (SSSR count). The molecule has 4 nitrogen and oxygen atoms in total. The summed E-state index contributed by atoms with van der Waals surface area (Å²) in [5, 5.41) is 2.64. The van der Waals surface area contributed by atoms with Crippen molar-refractivity contribution in [3.05, 3.63) is 29.6 Å². The van der Waals surface area contributed by atoms with Crippen LogP contribution >= 0.6 is 0 Å². The minimum atomic E-state index is -4.41. The average molecular weight is 348 g/mol. The van der Waals surface area contributed by atoms with Gasteiger partial charge in [0.2, 0.25) is 5.91 Å². The number of piperidine rings is 1. The van der Waals surface area contributed by atoms with Crippen molar-refractivity contribution in [2.24, 2.45) is 0 Å². The van der Waals surface area contributed by atoms with Gasteiger partial charge in [0, 0.05) is 31.6 Å². The monoisotopic (exact) mass is 348 g/mol. The van der Waals surface area contributed by atoms with Crippen LogP contribution in [0.4, 0.5) is 17.6 Å². The first-order valence-corrected chi connectivity index (χ1v) is 7.61. The normalized spacial score (nSPS) is 22.2. The summed E-state index contributed by atoms with van der Waals surface area (Å²) in [6.07, 6.45) is -4.31. The minimum absolute atomic E-state index is 0.00789. The summed E-state index contributed by atoms with van der Waals surface area (Å²) in [5.74, 6) is -0.966. The molecule has 1 saturated heterocycles. The summed E-state index contributed by atoms with van der Waals surface area (Å²) >= 11 is 0. The van der Waals surface area contributed by atoms with Crippen molar-refractivity contribution in [3.63, 3.8) is 0 Å². The summed E-state index contributed by atoms with van der Waals surface area (Å²) in [6, 6.07) is 2.35. The Morgan fingerprint density at radius 1 is 1.38 bits per heavy atom. The van der Waals surface area contributed by atoms with E-state index in [4.69, 9.17) is 4.74 Å². The van der Waals surface area contributed by atoms with Crippen molar-refractivity contribution in [3.8, 4) is 5.75 Å². The molecule has 2 atom stereocenters. The van der Waals surface area contributed by atoms with Crippen LogP contribution in [0.5, 0.6) is 5.75 Å². The number of methoxy groups -OCH3 is 1. The maximum absolute atomic E-state index is 14.3. The number of halogens is 4. The lowest BCUT2D eigenvalue weighted by Crippen LogP contribution is -2.55. The molecule has 1 heterocycles. The number of ether oxygens (including phenoxy) is 1. The van der Waals surface area contributed by atoms with Crippen LogP contribution in [0.1, 0.15) is 25.3 Å². The van der Waals surface area contributed by atoms with Crippen LogP contribution in [-0.2, 0) is 11.3 Å². The Hall–Kier alpha value is -1.83. The molecular weight excluding hydrogens is 328 g/mol. The Balaban J connectivity index is 2.22. The van der Waals surface area contributed by atoms with Crippen molar-refractivity contribution in [1.82, 2.24) is 10.2 Å². The predicted octanol–water partition coefficient (Wildman–Crippen LogP) is 2.87. The third-order valence-electron chi connectivity index (χ3n) is 4.11. The van der Waals surface area contributed by atoms with Crippen molar-refractivity contribution in [1.29, 1.82) is 0 Å². The third-order valence-corrected chi connectivity index (χ3v) is 4.11. The van der Waals surface area contributed by atoms with E-state index in [1.54, 1.807) is 0 Å². The summed E-state index contributed by atoms with van der Waals surface area (Å²) in [5.41, 5.74) is 0.132. The average Bonchev–Trinajstić information content (AvgIpc) is 2.48. The largest absolute Gasteiger partial charge is 0.494 e. The number of hydrogen-bond donors (Lipinski definition) is 1. The van der Waals surface area contributed by atoms with Crippen LogP contribution in [-0.4, -0.2) is 42.7 Å². The zero-order valence-corrected chi connectivity index (χ0v) is 13.5. The van der Waals surface area contributed by atoms with Crippen molar-refractivity contribution in [2.45, 2.75) is 44.6 Å². The molecule has 0 aromatic heterocycles. The second-order valence-corrected chi connectivity index (χ2v) is 5.90. The maximum Gasteiger partial charge on any atom is 0.404 e. The van der Waals surface area contributed by atoms with Crippen molar-refractivity contribution >= 4 is 5.91 Å². The molecule has 0 bridgehead atoms. The topological polar surface area (TPSA) is 41.6 Å². The molecule has 1 aliphatic rings. The molecule has 0 radical (unpaired) electrons. The zero-order valence-electron chi connectivity index (χ0n) is 13.5. The van der Waals surface area contributed by atoms with Crippen LogP contribution in [0.3, 0.4) is 0 Å². The first-order valence-electron chi connectivity index (χ1n) is 7.61. The van der Waals surface area contributed by atoms with Gasteiger partial charge in [-0.2, -0.15) is 13.2 Å². The number of amides is 1. The summed E-state index contributed by atoms with van der Waals surface area (Å²) in [4.78, 5) is 12.3. The van der Waals surface area contributed by atoms with Gasteiger partial charge in [-0.15, -0.1) is 0 Å². The Kier molecular flexibility index (Phi) is 5.69. The molecule has 1 N–H and O–H groups in total. The fourth-order valence-electron chi connectivity index (χ4n) is 3.05. The lowest BCUT2D eigenvalue weighted by Gasteiger charge is -2.40. The zero-order chi connectivity index (χ0) is 17.9. The molecule has 1 aliphatic heterocycles. The van der Waals surface area contributed by atoms with Crippen LogP contribution in [0, 0.1) is 5.82 Å². The maximum atomic E-state index is 14.3. The van der Waals surface area contributed by atoms with E-state index >= 15 is 0 Å². The van der Waals surface area contributed by atoms with Gasteiger partial charge in [0.25, 0.3) is 0 Å². The lowest BCUT2D eigenvalue weighted by molar-refractivity contribution is -0.194. The quantitative estimate of drug-likeness (QED) is 0.851. The van der Waals surface area contributed by atoms with Gasteiger partial charge in [0.05, 0.1) is 7.11 Å². The Morgan fingerprint density at radius 3 is 2.67 bits per heavy atom. The molecule has 1 fully saturated rings. The second kappa shape index (κ2) is 7.38. The van der Waals surface area contributed by atoms with Crippen molar-refractivity contribution < 1.29 is 27.1 Å². The van der Waals surface area contributed by atoms with Crippen LogP contribution in [0.2, 0.25) is 0 Å². The van der Waals surface area contributed by atoms with Gasteiger partial charge in [0.15, 0.2) is 11.6 Å². The third kappa shape index (κ3) is 4.37. The van der Waals surface area contributed by atoms with Gasteiger partial charge in [-0.25, -0.2) is 4.39 Å². The van der Waals surface area contributed by atoms with E-state index in [1.165, 1.54) is 37.1 Å². The van der Waals surface area contributed by atoms with Gasteiger partial charge >= 0.3 is 6.18 Å². The Bertz CT molecular complexity index is 592. The van der Waals surface area contributed by atoms with Crippen LogP contribution < -0.4 is 10.1 Å². The van der Waals surface area contributed by atoms with E-state index in [0.29, 0.717) is 0 Å². The summed E-state index contributed by atoms with van der Waals surface area (Å²) in [7, 11) is 1.30. The first kappa shape index (κ1) is 18.5. The van der Waals surface area contributed by atoms with Gasteiger partial charge in [0.1, 0.15) is 6.04 Å². The molecule has 8 heteroatoms. The summed E-state index contributed by atoms with van der Waals surface area (Å²) in [6.45, 7) is 1.13. The molecule has 134 valence electrons. The van der Waals surface area contributed by atoms with Crippen molar-refractivity contribution in [2.75, 3.05) is 13.7 Å².